The monoisotopic (exact) mass is 278 g/mol. The quantitative estimate of drug-likeness (QED) is 0.797. The Labute approximate surface area is 119 Å². The minimum Gasteiger partial charge on any atom is -0.379 e. The summed E-state index contributed by atoms with van der Waals surface area (Å²) in [5.41, 5.74) is 1.28. The lowest BCUT2D eigenvalue weighted by Crippen LogP contribution is -2.38. The van der Waals surface area contributed by atoms with Crippen LogP contribution in [0.25, 0.3) is 0 Å². The molecule has 2 heterocycles. The van der Waals surface area contributed by atoms with Gasteiger partial charge in [-0.2, -0.15) is 0 Å². The third kappa shape index (κ3) is 4.25. The molecule has 6 nitrogen and oxygen atoms in total. The number of carbonyl (C=O) groups excluding carboxylic acids is 1. The van der Waals surface area contributed by atoms with Crippen molar-refractivity contribution in [2.45, 2.75) is 20.3 Å². The molecule has 0 atom stereocenters. The highest BCUT2D eigenvalue weighted by molar-refractivity contribution is 5.94. The molecule has 0 spiro atoms. The maximum absolute atomic E-state index is 12.0. The fourth-order valence-corrected chi connectivity index (χ4v) is 2.23. The minimum absolute atomic E-state index is 0.0931. The van der Waals surface area contributed by atoms with Gasteiger partial charge in [-0.1, -0.05) is 0 Å². The van der Waals surface area contributed by atoms with Gasteiger partial charge in [0, 0.05) is 25.8 Å². The van der Waals surface area contributed by atoms with Crippen molar-refractivity contribution >= 4 is 5.91 Å². The van der Waals surface area contributed by atoms with Gasteiger partial charge in [0.15, 0.2) is 0 Å². The van der Waals surface area contributed by atoms with Crippen LogP contribution in [0.2, 0.25) is 0 Å². The van der Waals surface area contributed by atoms with Crippen LogP contribution in [0.3, 0.4) is 0 Å². The maximum atomic E-state index is 12.0. The van der Waals surface area contributed by atoms with Crippen LogP contribution in [-0.4, -0.2) is 60.2 Å². The van der Waals surface area contributed by atoms with E-state index in [2.05, 4.69) is 20.2 Å². The lowest BCUT2D eigenvalue weighted by Gasteiger charge is -2.26. The molecular formula is C14H22N4O2. The van der Waals surface area contributed by atoms with E-state index in [1.54, 1.807) is 6.20 Å². The fraction of sp³-hybridized carbons (Fsp3) is 0.643. The summed E-state index contributed by atoms with van der Waals surface area (Å²) in [6, 6.07) is 0. The van der Waals surface area contributed by atoms with E-state index >= 15 is 0 Å². The normalized spacial score (nSPS) is 16.1. The molecule has 0 unspecified atom stereocenters. The predicted molar refractivity (Wildman–Crippen MR) is 75.7 cm³/mol. The molecule has 0 saturated carbocycles. The Morgan fingerprint density at radius 3 is 2.85 bits per heavy atom. The van der Waals surface area contributed by atoms with Crippen LogP contribution in [0.5, 0.6) is 0 Å². The molecule has 0 aromatic carbocycles. The van der Waals surface area contributed by atoms with E-state index in [4.69, 9.17) is 4.74 Å². The van der Waals surface area contributed by atoms with E-state index in [-0.39, 0.29) is 5.91 Å². The standard InChI is InChI=1S/C14H22N4O2/c1-11-13(10-16-12(2)17-11)14(19)15-4-3-5-18-6-8-20-9-7-18/h10H,3-9H2,1-2H3,(H,15,19). The number of rotatable bonds is 5. The van der Waals surface area contributed by atoms with Gasteiger partial charge >= 0.3 is 0 Å². The summed E-state index contributed by atoms with van der Waals surface area (Å²) in [6.45, 7) is 8.90. The number of amides is 1. The van der Waals surface area contributed by atoms with Gasteiger partial charge in [-0.15, -0.1) is 0 Å². The highest BCUT2D eigenvalue weighted by Crippen LogP contribution is 2.03. The molecule has 6 heteroatoms. The molecule has 1 aromatic rings. The number of ether oxygens (including phenoxy) is 1. The first kappa shape index (κ1) is 14.9. The Bertz CT molecular complexity index is 458. The van der Waals surface area contributed by atoms with E-state index in [1.807, 2.05) is 13.8 Å². The van der Waals surface area contributed by atoms with Crippen LogP contribution in [-0.2, 0) is 4.74 Å². The summed E-state index contributed by atoms with van der Waals surface area (Å²) in [4.78, 5) is 22.6. The molecule has 1 aliphatic heterocycles. The third-order valence-corrected chi connectivity index (χ3v) is 3.38. The molecule has 1 aliphatic rings. The van der Waals surface area contributed by atoms with E-state index in [9.17, 15) is 4.79 Å². The second-order valence-corrected chi connectivity index (χ2v) is 4.98. The zero-order chi connectivity index (χ0) is 14.4. The fourth-order valence-electron chi connectivity index (χ4n) is 2.23. The number of hydrogen-bond donors (Lipinski definition) is 1. The van der Waals surface area contributed by atoms with Gasteiger partial charge in [-0.05, 0) is 26.8 Å². The highest BCUT2D eigenvalue weighted by atomic mass is 16.5. The van der Waals surface area contributed by atoms with Crippen LogP contribution in [0.15, 0.2) is 6.20 Å². The zero-order valence-corrected chi connectivity index (χ0v) is 12.2. The Kier molecular flexibility index (Phi) is 5.43. The molecule has 0 bridgehead atoms. The third-order valence-electron chi connectivity index (χ3n) is 3.38. The summed E-state index contributed by atoms with van der Waals surface area (Å²) in [5, 5.41) is 2.92. The average Bonchev–Trinajstić information content (AvgIpc) is 2.44. The summed E-state index contributed by atoms with van der Waals surface area (Å²) in [5.74, 6) is 0.593. The second-order valence-electron chi connectivity index (χ2n) is 4.98. The summed E-state index contributed by atoms with van der Waals surface area (Å²) in [7, 11) is 0. The van der Waals surface area contributed by atoms with Crippen molar-refractivity contribution < 1.29 is 9.53 Å². The largest absolute Gasteiger partial charge is 0.379 e. The Morgan fingerprint density at radius 2 is 2.15 bits per heavy atom. The lowest BCUT2D eigenvalue weighted by atomic mass is 10.2. The van der Waals surface area contributed by atoms with Gasteiger partial charge in [0.1, 0.15) is 5.82 Å². The molecule has 20 heavy (non-hydrogen) atoms. The molecule has 0 aliphatic carbocycles. The summed E-state index contributed by atoms with van der Waals surface area (Å²) >= 11 is 0. The number of aryl methyl sites for hydroxylation is 2. The van der Waals surface area contributed by atoms with Crippen LogP contribution in [0.4, 0.5) is 0 Å². The highest BCUT2D eigenvalue weighted by Gasteiger charge is 2.12. The van der Waals surface area contributed by atoms with E-state index in [0.717, 1.165) is 45.0 Å². The number of hydrogen-bond acceptors (Lipinski definition) is 5. The van der Waals surface area contributed by atoms with E-state index in [1.165, 1.54) is 0 Å². The molecule has 1 saturated heterocycles. The lowest BCUT2D eigenvalue weighted by molar-refractivity contribution is 0.0374. The molecule has 110 valence electrons. The molecule has 1 aromatic heterocycles. The SMILES string of the molecule is Cc1ncc(C(=O)NCCCN2CCOCC2)c(C)n1. The van der Waals surface area contributed by atoms with Crippen LogP contribution in [0.1, 0.15) is 28.3 Å². The van der Waals surface area contributed by atoms with Crippen molar-refractivity contribution in [2.24, 2.45) is 0 Å². The van der Waals surface area contributed by atoms with Crippen molar-refractivity contribution in [1.82, 2.24) is 20.2 Å². The molecule has 2 rings (SSSR count). The number of nitrogens with zero attached hydrogens (tertiary/aromatic N) is 3. The van der Waals surface area contributed by atoms with E-state index in [0.29, 0.717) is 17.9 Å². The molecular weight excluding hydrogens is 256 g/mol. The number of carbonyl (C=O) groups is 1. The number of aromatic nitrogens is 2. The van der Waals surface area contributed by atoms with Crippen molar-refractivity contribution in [1.29, 1.82) is 0 Å². The predicted octanol–water partition coefficient (Wildman–Crippen LogP) is 0.546. The Balaban J connectivity index is 1.72. The first-order valence-electron chi connectivity index (χ1n) is 7.05. The summed E-state index contributed by atoms with van der Waals surface area (Å²) in [6.07, 6.45) is 2.53. The van der Waals surface area contributed by atoms with Crippen LogP contribution >= 0.6 is 0 Å². The van der Waals surface area contributed by atoms with Gasteiger partial charge < -0.3 is 10.1 Å². The number of nitrogens with one attached hydrogen (secondary N) is 1. The molecule has 0 radical (unpaired) electrons. The summed E-state index contributed by atoms with van der Waals surface area (Å²) < 4.78 is 5.30. The van der Waals surface area contributed by atoms with Crippen LogP contribution < -0.4 is 5.32 Å². The van der Waals surface area contributed by atoms with Gasteiger partial charge in [-0.25, -0.2) is 9.97 Å². The van der Waals surface area contributed by atoms with Gasteiger partial charge in [0.25, 0.3) is 5.91 Å². The van der Waals surface area contributed by atoms with Crippen molar-refractivity contribution in [3.63, 3.8) is 0 Å². The van der Waals surface area contributed by atoms with Crippen molar-refractivity contribution in [3.8, 4) is 0 Å². The first-order chi connectivity index (χ1) is 9.66. The topological polar surface area (TPSA) is 67.4 Å². The van der Waals surface area contributed by atoms with Gasteiger partial charge in [0.2, 0.25) is 0 Å². The Hall–Kier alpha value is -1.53. The molecule has 1 N–H and O–H groups in total. The smallest absolute Gasteiger partial charge is 0.254 e. The first-order valence-corrected chi connectivity index (χ1v) is 7.05. The maximum Gasteiger partial charge on any atom is 0.254 e. The molecule has 1 amide bonds. The average molecular weight is 278 g/mol. The minimum atomic E-state index is -0.0931. The number of morpholine rings is 1. The van der Waals surface area contributed by atoms with Gasteiger partial charge in [0.05, 0.1) is 24.5 Å². The zero-order valence-electron chi connectivity index (χ0n) is 12.2. The van der Waals surface area contributed by atoms with Crippen molar-refractivity contribution in [3.05, 3.63) is 23.3 Å². The van der Waals surface area contributed by atoms with Crippen LogP contribution in [0, 0.1) is 13.8 Å². The molecule has 1 fully saturated rings. The van der Waals surface area contributed by atoms with Crippen molar-refractivity contribution in [2.75, 3.05) is 39.4 Å². The van der Waals surface area contributed by atoms with E-state index < -0.39 is 0 Å². The Morgan fingerprint density at radius 1 is 1.40 bits per heavy atom. The second kappa shape index (κ2) is 7.31. The van der Waals surface area contributed by atoms with Gasteiger partial charge in [-0.3, -0.25) is 9.69 Å².